The van der Waals surface area contributed by atoms with Gasteiger partial charge < -0.3 is 24.5 Å². The molecule has 0 aromatic carbocycles. The average Bonchev–Trinajstić information content (AvgIpc) is 2.70. The molecule has 0 aromatic rings. The summed E-state index contributed by atoms with van der Waals surface area (Å²) in [6.07, 6.45) is 4.07. The summed E-state index contributed by atoms with van der Waals surface area (Å²) in [5, 5.41) is 16.9. The van der Waals surface area contributed by atoms with Crippen molar-refractivity contribution in [2.24, 2.45) is 10.7 Å². The Morgan fingerprint density at radius 1 is 1.35 bits per heavy atom. The van der Waals surface area contributed by atoms with E-state index in [0.29, 0.717) is 0 Å². The monoisotopic (exact) mass is 251 g/mol. The van der Waals surface area contributed by atoms with Gasteiger partial charge in [-0.1, -0.05) is 6.92 Å². The third kappa shape index (κ3) is 9.64. The van der Waals surface area contributed by atoms with E-state index in [1.807, 2.05) is 7.11 Å². The lowest BCUT2D eigenvalue weighted by atomic mass is 10.4. The normalized spacial score (nSPS) is 15.9. The fourth-order valence-electron chi connectivity index (χ4n) is 2.17. The lowest BCUT2D eigenvalue weighted by molar-refractivity contribution is -0.934. The van der Waals surface area contributed by atoms with E-state index in [0.717, 1.165) is 12.1 Å². The van der Waals surface area contributed by atoms with Crippen molar-refractivity contribution in [2.45, 2.75) is 26.2 Å². The smallest absolute Gasteiger partial charge is 0.182 e. The van der Waals surface area contributed by atoms with Crippen LogP contribution < -0.4 is 0 Å². The number of rotatable bonds is 4. The highest BCUT2D eigenvalue weighted by molar-refractivity contribution is 4.51. The second-order valence-corrected chi connectivity index (χ2v) is 3.79. The fourth-order valence-corrected chi connectivity index (χ4v) is 2.17. The van der Waals surface area contributed by atoms with Crippen molar-refractivity contribution >= 4 is 0 Å². The molecule has 1 heterocycles. The Kier molecular flexibility index (Phi) is 13.6. The van der Waals surface area contributed by atoms with E-state index in [1.165, 1.54) is 48.7 Å². The minimum Gasteiger partial charge on any atom is -0.444 e. The van der Waals surface area contributed by atoms with Crippen molar-refractivity contribution in [1.82, 2.24) is 0 Å². The highest BCUT2D eigenvalue weighted by Gasteiger charge is 2.30. The van der Waals surface area contributed by atoms with Gasteiger partial charge in [0.05, 0.1) is 19.6 Å². The minimum absolute atomic E-state index is 0.924. The van der Waals surface area contributed by atoms with E-state index >= 15 is 0 Å². The molecule has 0 saturated carbocycles. The van der Waals surface area contributed by atoms with Crippen molar-refractivity contribution in [3.63, 3.8) is 0 Å². The molecule has 17 heavy (non-hydrogen) atoms. The van der Waals surface area contributed by atoms with E-state index in [2.05, 4.69) is 6.92 Å². The second-order valence-electron chi connectivity index (χ2n) is 3.79. The molecule has 102 valence electrons. The number of hydrogen-bond donors (Lipinski definition) is 1. The van der Waals surface area contributed by atoms with E-state index in [9.17, 15) is 0 Å². The molecule has 0 spiro atoms. The molecular weight excluding hydrogens is 230 g/mol. The Morgan fingerprint density at radius 3 is 2.06 bits per heavy atom. The zero-order valence-electron chi connectivity index (χ0n) is 10.4. The van der Waals surface area contributed by atoms with Gasteiger partial charge in [-0.3, -0.25) is 0 Å². The number of methoxy groups -OCH3 is 1. The maximum absolute atomic E-state index is 8.11. The van der Waals surface area contributed by atoms with Gasteiger partial charge in [0, 0.05) is 20.0 Å². The molecule has 0 aliphatic carbocycles. The van der Waals surface area contributed by atoms with E-state index in [-0.39, 0.29) is 0 Å². The van der Waals surface area contributed by atoms with Crippen molar-refractivity contribution in [3.8, 4) is 0 Å². The topological polar surface area (TPSA) is 111 Å². The van der Waals surface area contributed by atoms with Crippen LogP contribution in [0.25, 0.3) is 0 Å². The zero-order chi connectivity index (χ0) is 13.6. The standard InChI is InChI=1S/C9H20NO.2HNO2/c1-3-6-10(9-11-2)7-4-5-8-10;2*2-1-3/h3-9H2,1-2H3;2*(H,2,3)/q+1;;/p-1. The van der Waals surface area contributed by atoms with Gasteiger partial charge in [-0.25, -0.2) is 0 Å². The van der Waals surface area contributed by atoms with Crippen LogP contribution in [0.15, 0.2) is 10.7 Å². The molecule has 8 heteroatoms. The first-order chi connectivity index (χ1) is 8.16. The molecule has 1 aliphatic rings. The highest BCUT2D eigenvalue weighted by Crippen LogP contribution is 2.19. The summed E-state index contributed by atoms with van der Waals surface area (Å²) in [6.45, 7) is 7.15. The summed E-state index contributed by atoms with van der Waals surface area (Å²) in [4.78, 5) is 16.1. The zero-order valence-corrected chi connectivity index (χ0v) is 10.4. The molecule has 1 saturated heterocycles. The highest BCUT2D eigenvalue weighted by atomic mass is 16.6. The van der Waals surface area contributed by atoms with Gasteiger partial charge in [-0.15, -0.1) is 10.2 Å². The lowest BCUT2D eigenvalue weighted by Crippen LogP contribution is -2.47. The van der Waals surface area contributed by atoms with Crippen LogP contribution in [0.1, 0.15) is 26.2 Å². The summed E-state index contributed by atoms with van der Waals surface area (Å²) < 4.78 is 6.47. The van der Waals surface area contributed by atoms with Gasteiger partial charge in [0.1, 0.15) is 0 Å². The van der Waals surface area contributed by atoms with Crippen LogP contribution in [0.4, 0.5) is 0 Å². The Labute approximate surface area is 101 Å². The Morgan fingerprint density at radius 2 is 1.76 bits per heavy atom. The predicted molar refractivity (Wildman–Crippen MR) is 63.0 cm³/mol. The van der Waals surface area contributed by atoms with E-state index < -0.39 is 0 Å². The molecule has 1 fully saturated rings. The summed E-state index contributed by atoms with van der Waals surface area (Å²) >= 11 is 0. The summed E-state index contributed by atoms with van der Waals surface area (Å²) in [7, 11) is 1.81. The van der Waals surface area contributed by atoms with Crippen LogP contribution >= 0.6 is 0 Å². The number of quaternary nitrogens is 1. The predicted octanol–water partition coefficient (Wildman–Crippen LogP) is 2.00. The first-order valence-electron chi connectivity index (χ1n) is 5.42. The van der Waals surface area contributed by atoms with Gasteiger partial charge in [0.15, 0.2) is 12.1 Å². The van der Waals surface area contributed by atoms with E-state index in [4.69, 9.17) is 25.0 Å². The van der Waals surface area contributed by atoms with Crippen LogP contribution in [-0.4, -0.2) is 43.2 Å². The molecule has 0 amide bonds. The summed E-state index contributed by atoms with van der Waals surface area (Å²) in [5.74, 6) is 0. The Hall–Kier alpha value is -1.28. The molecule has 1 N–H and O–H groups in total. The molecule has 0 aromatic heterocycles. The van der Waals surface area contributed by atoms with Gasteiger partial charge in [-0.05, 0) is 6.42 Å². The SMILES string of the molecule is CCC[N+]1(COC)CCCC1.O=NO.O=N[O-]. The number of nitrogens with zero attached hydrogens (tertiary/aromatic N) is 3. The Bertz CT molecular complexity index is 171. The lowest BCUT2D eigenvalue weighted by Gasteiger charge is -2.32. The quantitative estimate of drug-likeness (QED) is 0.466. The minimum atomic E-state index is 0.924. The van der Waals surface area contributed by atoms with Gasteiger partial charge >= 0.3 is 0 Å². The molecule has 0 bridgehead atoms. The van der Waals surface area contributed by atoms with Crippen LogP contribution in [0, 0.1) is 15.0 Å². The molecule has 0 radical (unpaired) electrons. The molecule has 1 aliphatic heterocycles. The maximum atomic E-state index is 8.11. The van der Waals surface area contributed by atoms with E-state index in [1.54, 1.807) is 0 Å². The van der Waals surface area contributed by atoms with Crippen molar-refractivity contribution in [2.75, 3.05) is 33.5 Å². The van der Waals surface area contributed by atoms with Crippen LogP contribution in [0.2, 0.25) is 0 Å². The molecule has 1 rings (SSSR count). The molecule has 0 atom stereocenters. The number of ether oxygens (including phenoxy) is 1. The van der Waals surface area contributed by atoms with Gasteiger partial charge in [-0.2, -0.15) is 0 Å². The number of likely N-dealkylation sites (tertiary alicyclic amines) is 1. The molecule has 0 unspecified atom stereocenters. The first kappa shape index (κ1) is 18.1. The second kappa shape index (κ2) is 12.8. The third-order valence-electron chi connectivity index (χ3n) is 2.62. The average molecular weight is 251 g/mol. The Balaban J connectivity index is 0. The fraction of sp³-hybridized carbons (Fsp3) is 1.00. The summed E-state index contributed by atoms with van der Waals surface area (Å²) in [5.41, 5.74) is 0. The van der Waals surface area contributed by atoms with Crippen LogP contribution in [0.5, 0.6) is 0 Å². The van der Waals surface area contributed by atoms with Gasteiger partial charge in [0.2, 0.25) is 0 Å². The first-order valence-corrected chi connectivity index (χ1v) is 5.42. The van der Waals surface area contributed by atoms with Crippen molar-refractivity contribution in [1.29, 1.82) is 0 Å². The summed E-state index contributed by atoms with van der Waals surface area (Å²) in [6, 6.07) is 0. The molecular formula is C9H21N3O5. The van der Waals surface area contributed by atoms with Gasteiger partial charge in [0.25, 0.3) is 0 Å². The maximum Gasteiger partial charge on any atom is 0.182 e. The van der Waals surface area contributed by atoms with Crippen LogP contribution in [0.3, 0.4) is 0 Å². The van der Waals surface area contributed by atoms with Crippen LogP contribution in [-0.2, 0) is 4.74 Å². The number of hydrogen-bond acceptors (Lipinski definition) is 6. The largest absolute Gasteiger partial charge is 0.444 e. The third-order valence-corrected chi connectivity index (χ3v) is 2.62. The van der Waals surface area contributed by atoms with Crippen molar-refractivity contribution < 1.29 is 14.4 Å². The molecule has 8 nitrogen and oxygen atoms in total. The van der Waals surface area contributed by atoms with Crippen molar-refractivity contribution in [3.05, 3.63) is 15.0 Å².